The van der Waals surface area contributed by atoms with Gasteiger partial charge in [-0.15, -0.1) is 0 Å². The van der Waals surface area contributed by atoms with Crippen molar-refractivity contribution in [2.75, 3.05) is 0 Å². The standard InChI is InChI=1S/C28H25NO4/c1-18(2)26(30)32-24-12-8-21(9-13-24)20-4-6-22(7-5-20)27(31)33-25-14-10-23(11-15-25)28(17-29)16-19(28)3/h4-15,18-19H,16H2,1-3H3/t19-,28?/m0/s1. The average molecular weight is 440 g/mol. The molecule has 0 radical (unpaired) electrons. The molecule has 0 aliphatic heterocycles. The van der Waals surface area contributed by atoms with Crippen molar-refractivity contribution in [3.8, 4) is 28.7 Å². The summed E-state index contributed by atoms with van der Waals surface area (Å²) in [6, 6.07) is 24.0. The second kappa shape index (κ2) is 8.91. The first-order valence-corrected chi connectivity index (χ1v) is 11.0. The fourth-order valence-electron chi connectivity index (χ4n) is 3.78. The largest absolute Gasteiger partial charge is 0.426 e. The first-order chi connectivity index (χ1) is 15.8. The molecule has 4 rings (SSSR count). The molecule has 0 amide bonds. The summed E-state index contributed by atoms with van der Waals surface area (Å²) in [6.07, 6.45) is 0.862. The van der Waals surface area contributed by atoms with Crippen LogP contribution in [0.4, 0.5) is 0 Å². The van der Waals surface area contributed by atoms with Gasteiger partial charge in [-0.05, 0) is 65.4 Å². The number of nitriles is 1. The molecule has 1 fully saturated rings. The van der Waals surface area contributed by atoms with Crippen LogP contribution >= 0.6 is 0 Å². The number of ether oxygens (including phenoxy) is 2. The third-order valence-electron chi connectivity index (χ3n) is 6.09. The molecule has 1 aliphatic rings. The van der Waals surface area contributed by atoms with Gasteiger partial charge in [0.2, 0.25) is 0 Å². The minimum atomic E-state index is -0.444. The highest BCUT2D eigenvalue weighted by atomic mass is 16.5. The van der Waals surface area contributed by atoms with E-state index in [0.29, 0.717) is 23.0 Å². The number of hydrogen-bond donors (Lipinski definition) is 0. The van der Waals surface area contributed by atoms with Gasteiger partial charge in [-0.25, -0.2) is 4.79 Å². The first kappa shape index (κ1) is 22.3. The SMILES string of the molecule is CC(C)C(=O)Oc1ccc(-c2ccc(C(=O)Oc3ccc(C4(C#N)C[C@@H]4C)cc3)cc2)cc1. The lowest BCUT2D eigenvalue weighted by atomic mass is 9.95. The number of benzene rings is 3. The molecule has 2 atom stereocenters. The van der Waals surface area contributed by atoms with Crippen LogP contribution < -0.4 is 9.47 Å². The zero-order valence-electron chi connectivity index (χ0n) is 18.9. The van der Waals surface area contributed by atoms with Crippen LogP contribution in [0.15, 0.2) is 72.8 Å². The number of carbonyl (C=O) groups excluding carboxylic acids is 2. The molecule has 1 saturated carbocycles. The van der Waals surface area contributed by atoms with E-state index in [-0.39, 0.29) is 11.9 Å². The van der Waals surface area contributed by atoms with Crippen molar-refractivity contribution in [2.45, 2.75) is 32.6 Å². The quantitative estimate of drug-likeness (QED) is 0.351. The molecule has 5 nitrogen and oxygen atoms in total. The lowest BCUT2D eigenvalue weighted by Crippen LogP contribution is -2.14. The fraction of sp³-hybridized carbons (Fsp3) is 0.250. The number of hydrogen-bond acceptors (Lipinski definition) is 5. The van der Waals surface area contributed by atoms with Gasteiger partial charge in [0.05, 0.1) is 23.0 Å². The van der Waals surface area contributed by atoms with Crippen LogP contribution in [0.25, 0.3) is 11.1 Å². The summed E-state index contributed by atoms with van der Waals surface area (Å²) in [7, 11) is 0. The van der Waals surface area contributed by atoms with Crippen LogP contribution in [0.3, 0.4) is 0 Å². The topological polar surface area (TPSA) is 76.4 Å². The summed E-state index contributed by atoms with van der Waals surface area (Å²) in [5, 5.41) is 9.46. The molecular formula is C28H25NO4. The Labute approximate surface area is 193 Å². The van der Waals surface area contributed by atoms with Gasteiger partial charge in [-0.2, -0.15) is 5.26 Å². The van der Waals surface area contributed by atoms with Crippen molar-refractivity contribution < 1.29 is 19.1 Å². The molecule has 166 valence electrons. The Kier molecular flexibility index (Phi) is 6.02. The van der Waals surface area contributed by atoms with Crippen molar-refractivity contribution in [1.82, 2.24) is 0 Å². The number of nitrogens with zero attached hydrogens (tertiary/aromatic N) is 1. The Hall–Kier alpha value is -3.91. The third-order valence-corrected chi connectivity index (χ3v) is 6.09. The first-order valence-electron chi connectivity index (χ1n) is 11.0. The van der Waals surface area contributed by atoms with E-state index in [1.807, 2.05) is 36.4 Å². The Balaban J connectivity index is 1.39. The van der Waals surface area contributed by atoms with Gasteiger partial charge >= 0.3 is 11.9 Å². The molecule has 0 aromatic heterocycles. The summed E-state index contributed by atoms with van der Waals surface area (Å²) in [5.41, 5.74) is 2.88. The minimum Gasteiger partial charge on any atom is -0.426 e. The number of rotatable bonds is 6. The van der Waals surface area contributed by atoms with Crippen molar-refractivity contribution in [2.24, 2.45) is 11.8 Å². The van der Waals surface area contributed by atoms with E-state index in [1.165, 1.54) is 0 Å². The highest BCUT2D eigenvalue weighted by Gasteiger charge is 2.53. The highest BCUT2D eigenvalue weighted by Crippen LogP contribution is 2.53. The predicted octanol–water partition coefficient (Wildman–Crippen LogP) is 5.94. The van der Waals surface area contributed by atoms with E-state index in [4.69, 9.17) is 9.47 Å². The average Bonchev–Trinajstić information content (AvgIpc) is 3.51. The van der Waals surface area contributed by atoms with Crippen LogP contribution in [-0.4, -0.2) is 11.9 Å². The van der Waals surface area contributed by atoms with E-state index in [2.05, 4.69) is 13.0 Å². The summed E-state index contributed by atoms with van der Waals surface area (Å²) in [5.74, 6) is 0.389. The van der Waals surface area contributed by atoms with Crippen LogP contribution in [0, 0.1) is 23.2 Å². The smallest absolute Gasteiger partial charge is 0.343 e. The van der Waals surface area contributed by atoms with Crippen LogP contribution in [-0.2, 0) is 10.2 Å². The molecule has 0 saturated heterocycles. The van der Waals surface area contributed by atoms with Crippen molar-refractivity contribution >= 4 is 11.9 Å². The molecule has 3 aromatic rings. The zero-order chi connectivity index (χ0) is 23.6. The highest BCUT2D eigenvalue weighted by molar-refractivity contribution is 5.91. The molecule has 1 unspecified atom stereocenters. The zero-order valence-corrected chi connectivity index (χ0v) is 18.9. The second-order valence-electron chi connectivity index (χ2n) is 8.78. The van der Waals surface area contributed by atoms with Gasteiger partial charge in [0.15, 0.2) is 0 Å². The maximum absolute atomic E-state index is 12.5. The van der Waals surface area contributed by atoms with Crippen LogP contribution in [0.1, 0.15) is 43.1 Å². The van der Waals surface area contributed by atoms with Gasteiger partial charge in [-0.1, -0.05) is 57.2 Å². The molecule has 3 aromatic carbocycles. The summed E-state index contributed by atoms with van der Waals surface area (Å²) >= 11 is 0. The Morgan fingerprint density at radius 2 is 1.36 bits per heavy atom. The maximum atomic E-state index is 12.5. The second-order valence-corrected chi connectivity index (χ2v) is 8.78. The van der Waals surface area contributed by atoms with E-state index < -0.39 is 11.4 Å². The van der Waals surface area contributed by atoms with Crippen LogP contribution in [0.5, 0.6) is 11.5 Å². The number of esters is 2. The Bertz CT molecular complexity index is 1200. The molecule has 5 heteroatoms. The molecular weight excluding hydrogens is 414 g/mol. The van der Waals surface area contributed by atoms with E-state index in [9.17, 15) is 14.9 Å². The normalized spacial score (nSPS) is 18.9. The molecule has 0 bridgehead atoms. The lowest BCUT2D eigenvalue weighted by Gasteiger charge is -2.10. The lowest BCUT2D eigenvalue weighted by molar-refractivity contribution is -0.137. The molecule has 0 N–H and O–H groups in total. The van der Waals surface area contributed by atoms with E-state index >= 15 is 0 Å². The molecule has 0 spiro atoms. The van der Waals surface area contributed by atoms with Gasteiger partial charge < -0.3 is 9.47 Å². The van der Waals surface area contributed by atoms with Gasteiger partial charge in [0.25, 0.3) is 0 Å². The third kappa shape index (κ3) is 4.65. The maximum Gasteiger partial charge on any atom is 0.343 e. The van der Waals surface area contributed by atoms with Crippen LogP contribution in [0.2, 0.25) is 0 Å². The monoisotopic (exact) mass is 439 g/mol. The Morgan fingerprint density at radius 1 is 0.879 bits per heavy atom. The van der Waals surface area contributed by atoms with Gasteiger partial charge in [0, 0.05) is 0 Å². The Morgan fingerprint density at radius 3 is 1.85 bits per heavy atom. The van der Waals surface area contributed by atoms with E-state index in [1.54, 1.807) is 50.2 Å². The minimum absolute atomic E-state index is 0.189. The molecule has 33 heavy (non-hydrogen) atoms. The fourth-order valence-corrected chi connectivity index (χ4v) is 3.78. The van der Waals surface area contributed by atoms with Crippen molar-refractivity contribution in [1.29, 1.82) is 5.26 Å². The summed E-state index contributed by atoms with van der Waals surface area (Å²) in [6.45, 7) is 5.64. The van der Waals surface area contributed by atoms with Crippen molar-refractivity contribution in [3.05, 3.63) is 83.9 Å². The summed E-state index contributed by atoms with van der Waals surface area (Å²) in [4.78, 5) is 24.3. The summed E-state index contributed by atoms with van der Waals surface area (Å²) < 4.78 is 10.8. The van der Waals surface area contributed by atoms with Gasteiger partial charge in [0.1, 0.15) is 11.5 Å². The molecule has 1 aliphatic carbocycles. The predicted molar refractivity (Wildman–Crippen MR) is 125 cm³/mol. The van der Waals surface area contributed by atoms with Crippen molar-refractivity contribution in [3.63, 3.8) is 0 Å². The van der Waals surface area contributed by atoms with E-state index in [0.717, 1.165) is 23.1 Å². The number of carbonyl (C=O) groups is 2. The van der Waals surface area contributed by atoms with Gasteiger partial charge in [-0.3, -0.25) is 4.79 Å². The molecule has 0 heterocycles.